The molecular weight excluding hydrogens is 374 g/mol. The molecule has 0 aliphatic heterocycles. The van der Waals surface area contributed by atoms with Crippen LogP contribution in [-0.4, -0.2) is 42.4 Å². The zero-order chi connectivity index (χ0) is 22.1. The molecule has 0 atom stereocenters. The van der Waals surface area contributed by atoms with Crippen LogP contribution in [0.5, 0.6) is 0 Å². The highest BCUT2D eigenvalue weighted by Gasteiger charge is 2.25. The average molecular weight is 412 g/mol. The average Bonchev–Trinajstić information content (AvgIpc) is 2.96. The van der Waals surface area contributed by atoms with Gasteiger partial charge in [-0.2, -0.15) is 4.74 Å². The standard InChI is InChI=1S/C21H37N3O5/c1-16(2)23-18(26)12-20(3,4)14-28-15-21(5,6)13-22-17(25)8-7-10-24-19(27)9-11-29-24/h9,11,16H,7-8,10,12-15H2,1-6H3,(H,22,25)(H,23,26). The number of ether oxygens (including phenoxy) is 1. The van der Waals surface area contributed by atoms with Crippen molar-refractivity contribution < 1.29 is 18.8 Å². The van der Waals surface area contributed by atoms with Crippen LogP contribution in [-0.2, 0) is 20.9 Å². The van der Waals surface area contributed by atoms with Crippen molar-refractivity contribution in [2.45, 2.75) is 73.4 Å². The van der Waals surface area contributed by atoms with E-state index in [2.05, 4.69) is 10.6 Å². The number of hydrogen-bond acceptors (Lipinski definition) is 5. The third-order valence-corrected chi connectivity index (χ3v) is 4.25. The first-order chi connectivity index (χ1) is 13.4. The van der Waals surface area contributed by atoms with E-state index in [1.807, 2.05) is 41.5 Å². The molecule has 1 aromatic heterocycles. The van der Waals surface area contributed by atoms with Gasteiger partial charge in [-0.15, -0.1) is 0 Å². The van der Waals surface area contributed by atoms with Crippen molar-refractivity contribution in [3.8, 4) is 0 Å². The quantitative estimate of drug-likeness (QED) is 0.519. The monoisotopic (exact) mass is 411 g/mol. The molecule has 0 saturated carbocycles. The van der Waals surface area contributed by atoms with Gasteiger partial charge in [-0.3, -0.25) is 14.4 Å². The second kappa shape index (κ2) is 11.2. The number of nitrogens with zero attached hydrogens (tertiary/aromatic N) is 1. The lowest BCUT2D eigenvalue weighted by molar-refractivity contribution is -0.125. The van der Waals surface area contributed by atoms with Gasteiger partial charge >= 0.3 is 0 Å². The van der Waals surface area contributed by atoms with E-state index in [4.69, 9.17) is 9.26 Å². The largest absolute Gasteiger partial charge is 0.384 e. The summed E-state index contributed by atoms with van der Waals surface area (Å²) in [5, 5.41) is 5.82. The van der Waals surface area contributed by atoms with E-state index < -0.39 is 0 Å². The summed E-state index contributed by atoms with van der Waals surface area (Å²) in [6.07, 6.45) is 2.59. The van der Waals surface area contributed by atoms with Crippen molar-refractivity contribution in [1.29, 1.82) is 0 Å². The Labute approximate surface area is 173 Å². The molecule has 1 rings (SSSR count). The maximum atomic E-state index is 12.0. The smallest absolute Gasteiger partial charge is 0.282 e. The molecule has 2 N–H and O–H groups in total. The van der Waals surface area contributed by atoms with Crippen LogP contribution in [0.2, 0.25) is 0 Å². The van der Waals surface area contributed by atoms with Crippen LogP contribution in [0.3, 0.4) is 0 Å². The molecule has 2 amide bonds. The number of amides is 2. The van der Waals surface area contributed by atoms with E-state index >= 15 is 0 Å². The first kappa shape index (κ1) is 24.9. The Kier molecular flexibility index (Phi) is 9.62. The van der Waals surface area contributed by atoms with Crippen molar-refractivity contribution in [1.82, 2.24) is 15.4 Å². The summed E-state index contributed by atoms with van der Waals surface area (Å²) in [5.41, 5.74) is -0.695. The summed E-state index contributed by atoms with van der Waals surface area (Å²) in [6, 6.07) is 1.47. The minimum Gasteiger partial charge on any atom is -0.384 e. The molecular formula is C21H37N3O5. The molecule has 0 aliphatic carbocycles. The van der Waals surface area contributed by atoms with Crippen molar-refractivity contribution in [2.24, 2.45) is 10.8 Å². The first-order valence-electron chi connectivity index (χ1n) is 10.2. The minimum absolute atomic E-state index is 0.0249. The first-order valence-corrected chi connectivity index (χ1v) is 10.2. The molecule has 29 heavy (non-hydrogen) atoms. The highest BCUT2D eigenvalue weighted by molar-refractivity contribution is 5.76. The van der Waals surface area contributed by atoms with Gasteiger partial charge in [0.15, 0.2) is 0 Å². The van der Waals surface area contributed by atoms with E-state index in [1.54, 1.807) is 0 Å². The van der Waals surface area contributed by atoms with Gasteiger partial charge in [0.25, 0.3) is 5.56 Å². The zero-order valence-corrected chi connectivity index (χ0v) is 18.7. The van der Waals surface area contributed by atoms with Crippen molar-refractivity contribution in [2.75, 3.05) is 19.8 Å². The second-order valence-electron chi connectivity index (χ2n) is 9.45. The Morgan fingerprint density at radius 3 is 2.38 bits per heavy atom. The van der Waals surface area contributed by atoms with Gasteiger partial charge in [-0.1, -0.05) is 27.7 Å². The third kappa shape index (κ3) is 10.9. The second-order valence-corrected chi connectivity index (χ2v) is 9.45. The molecule has 8 heteroatoms. The number of carbonyl (C=O) groups excluding carboxylic acids is 2. The van der Waals surface area contributed by atoms with E-state index in [9.17, 15) is 14.4 Å². The van der Waals surface area contributed by atoms with Gasteiger partial charge in [0.2, 0.25) is 11.8 Å². The predicted molar refractivity (Wildman–Crippen MR) is 111 cm³/mol. The molecule has 0 aromatic carbocycles. The molecule has 0 saturated heterocycles. The highest BCUT2D eigenvalue weighted by Crippen LogP contribution is 2.23. The van der Waals surface area contributed by atoms with Crippen molar-refractivity contribution in [3.63, 3.8) is 0 Å². The molecule has 0 spiro atoms. The topological polar surface area (TPSA) is 103 Å². The number of carbonyl (C=O) groups is 2. The minimum atomic E-state index is -0.262. The summed E-state index contributed by atoms with van der Waals surface area (Å²) in [6.45, 7) is 13.7. The third-order valence-electron chi connectivity index (χ3n) is 4.25. The number of aryl methyl sites for hydroxylation is 1. The van der Waals surface area contributed by atoms with E-state index in [-0.39, 0.29) is 34.2 Å². The molecule has 0 unspecified atom stereocenters. The summed E-state index contributed by atoms with van der Waals surface area (Å²) < 4.78 is 12.1. The summed E-state index contributed by atoms with van der Waals surface area (Å²) >= 11 is 0. The van der Waals surface area contributed by atoms with E-state index in [0.717, 1.165) is 0 Å². The van der Waals surface area contributed by atoms with Crippen LogP contribution in [0.1, 0.15) is 60.8 Å². The zero-order valence-electron chi connectivity index (χ0n) is 18.7. The summed E-state index contributed by atoms with van der Waals surface area (Å²) in [4.78, 5) is 35.3. The van der Waals surface area contributed by atoms with Gasteiger partial charge in [0, 0.05) is 36.9 Å². The Balaban J connectivity index is 2.26. The fourth-order valence-corrected chi connectivity index (χ4v) is 2.78. The maximum absolute atomic E-state index is 12.0. The van der Waals surface area contributed by atoms with Gasteiger partial charge in [0.1, 0.15) is 6.26 Å². The predicted octanol–water partition coefficient (Wildman–Crippen LogP) is 2.32. The fourth-order valence-electron chi connectivity index (χ4n) is 2.78. The van der Waals surface area contributed by atoms with Gasteiger partial charge < -0.3 is 19.9 Å². The SMILES string of the molecule is CC(C)NC(=O)CC(C)(C)COCC(C)(C)CNC(=O)CCCn1occc1=O. The Morgan fingerprint density at radius 2 is 1.79 bits per heavy atom. The van der Waals surface area contributed by atoms with Crippen LogP contribution >= 0.6 is 0 Å². The fraction of sp³-hybridized carbons (Fsp3) is 0.762. The van der Waals surface area contributed by atoms with Gasteiger partial charge in [0.05, 0.1) is 19.8 Å². The van der Waals surface area contributed by atoms with E-state index in [0.29, 0.717) is 45.6 Å². The lowest BCUT2D eigenvalue weighted by Gasteiger charge is -2.29. The summed E-state index contributed by atoms with van der Waals surface area (Å²) in [5.74, 6) is -0.0414. The normalized spacial score (nSPS) is 12.2. The number of aromatic nitrogens is 1. The van der Waals surface area contributed by atoms with E-state index in [1.165, 1.54) is 17.1 Å². The molecule has 1 heterocycles. The van der Waals surface area contributed by atoms with Gasteiger partial charge in [-0.05, 0) is 25.7 Å². The molecule has 0 radical (unpaired) electrons. The maximum Gasteiger partial charge on any atom is 0.282 e. The van der Waals surface area contributed by atoms with Crippen LogP contribution in [0.4, 0.5) is 0 Å². The van der Waals surface area contributed by atoms with Crippen molar-refractivity contribution >= 4 is 11.8 Å². The molecule has 1 aromatic rings. The summed E-state index contributed by atoms with van der Waals surface area (Å²) in [7, 11) is 0. The number of hydrogen-bond donors (Lipinski definition) is 2. The lowest BCUT2D eigenvalue weighted by atomic mass is 9.89. The molecule has 8 nitrogen and oxygen atoms in total. The molecule has 0 aliphatic rings. The Morgan fingerprint density at radius 1 is 1.14 bits per heavy atom. The number of nitrogens with one attached hydrogen (secondary N) is 2. The molecule has 166 valence electrons. The van der Waals surface area contributed by atoms with Crippen LogP contribution in [0, 0.1) is 10.8 Å². The molecule has 0 fully saturated rings. The van der Waals surface area contributed by atoms with Gasteiger partial charge in [-0.25, -0.2) is 0 Å². The van der Waals surface area contributed by atoms with Crippen LogP contribution < -0.4 is 16.2 Å². The Hall–Kier alpha value is -2.09. The molecule has 0 bridgehead atoms. The lowest BCUT2D eigenvalue weighted by Crippen LogP contribution is -2.38. The number of rotatable bonds is 13. The Bertz CT molecular complexity index is 703. The van der Waals surface area contributed by atoms with Crippen LogP contribution in [0.25, 0.3) is 0 Å². The highest BCUT2D eigenvalue weighted by atomic mass is 16.5. The van der Waals surface area contributed by atoms with Crippen LogP contribution in [0.15, 0.2) is 21.6 Å². The van der Waals surface area contributed by atoms with Crippen molar-refractivity contribution in [3.05, 3.63) is 22.7 Å².